The van der Waals surface area contributed by atoms with E-state index in [1.54, 1.807) is 0 Å². The Labute approximate surface area is 820 Å². The molecular weight excluding hydrogens is 1690 g/mol. The van der Waals surface area contributed by atoms with Crippen LogP contribution in [0.3, 0.4) is 0 Å². The summed E-state index contributed by atoms with van der Waals surface area (Å²) < 4.78 is 0. The Morgan fingerprint density at radius 3 is 0.593 bits per heavy atom. The van der Waals surface area contributed by atoms with E-state index < -0.39 is 0 Å². The quantitative estimate of drug-likeness (QED) is 0.101. The highest BCUT2D eigenvalue weighted by Gasteiger charge is 2.24. The molecule has 0 radical (unpaired) electrons. The SMILES string of the molecule is Cc1ccc(N(c2ccc3ccccc3c2)c2cccc3ccccc23)cc1.Cc1ccc(N(c2cccc3ccccc23)c2cccc3ccccc23)cc1.Cc1cccc(N(c2ccc3ccccc3c2)c2cccc3ccccc23)c1.Cc1cccc(N(c2cccc3ccccc23)c2cccc3ccccc23)c1.Cc1ccccc1N(c1cccc2ccccc12)c1cccc2ccccc12. The van der Waals surface area contributed by atoms with Gasteiger partial charge in [0.25, 0.3) is 0 Å². The second-order valence-electron chi connectivity index (χ2n) is 35.9. The van der Waals surface area contributed by atoms with Gasteiger partial charge in [-0.05, 0) is 243 Å². The first-order valence-electron chi connectivity index (χ1n) is 48.2. The number of anilines is 15. The van der Waals surface area contributed by atoms with Gasteiger partial charge in [0.1, 0.15) is 0 Å². The molecule has 0 unspecified atom stereocenters. The van der Waals surface area contributed by atoms with Crippen molar-refractivity contribution in [2.75, 3.05) is 24.5 Å². The summed E-state index contributed by atoms with van der Waals surface area (Å²) in [4.78, 5) is 11.9. The Morgan fingerprint density at radius 2 is 0.300 bits per heavy atom. The highest BCUT2D eigenvalue weighted by atomic mass is 15.2. The molecule has 25 rings (SSSR count). The Morgan fingerprint density at radius 1 is 0.107 bits per heavy atom. The highest BCUT2D eigenvalue weighted by Crippen LogP contribution is 2.49. The van der Waals surface area contributed by atoms with Crippen molar-refractivity contribution in [1.29, 1.82) is 0 Å². The summed E-state index contributed by atoms with van der Waals surface area (Å²) in [6, 6.07) is 195. The minimum absolute atomic E-state index is 1.16. The molecule has 0 aliphatic heterocycles. The predicted molar refractivity (Wildman–Crippen MR) is 604 cm³/mol. The lowest BCUT2D eigenvalue weighted by molar-refractivity contribution is 1.27. The molecule has 0 heterocycles. The average molecular weight is 1800 g/mol. The van der Waals surface area contributed by atoms with Gasteiger partial charge >= 0.3 is 0 Å². The molecule has 0 atom stereocenters. The van der Waals surface area contributed by atoms with Gasteiger partial charge in [0.05, 0.1) is 45.5 Å². The lowest BCUT2D eigenvalue weighted by atomic mass is 10.0. The summed E-state index contributed by atoms with van der Waals surface area (Å²) in [5.41, 5.74) is 24.1. The molecular formula is C135H105N5. The first kappa shape index (κ1) is 88.7. The number of hydrogen-bond donors (Lipinski definition) is 0. The minimum atomic E-state index is 1.16. The maximum atomic E-state index is 2.40. The summed E-state index contributed by atoms with van der Waals surface area (Å²) in [6.45, 7) is 10.7. The van der Waals surface area contributed by atoms with E-state index in [4.69, 9.17) is 0 Å². The van der Waals surface area contributed by atoms with E-state index in [2.05, 4.69) is 605 Å². The molecule has 0 saturated carbocycles. The van der Waals surface area contributed by atoms with E-state index in [0.29, 0.717) is 0 Å². The van der Waals surface area contributed by atoms with Gasteiger partial charge in [-0.3, -0.25) is 0 Å². The van der Waals surface area contributed by atoms with Gasteiger partial charge < -0.3 is 24.5 Å². The van der Waals surface area contributed by atoms with Gasteiger partial charge in [-0.2, -0.15) is 0 Å². The van der Waals surface area contributed by atoms with Gasteiger partial charge in [-0.15, -0.1) is 0 Å². The summed E-state index contributed by atoms with van der Waals surface area (Å²) in [6.07, 6.45) is 0. The van der Waals surface area contributed by atoms with Gasteiger partial charge in [0.15, 0.2) is 0 Å². The van der Waals surface area contributed by atoms with Gasteiger partial charge in [0, 0.05) is 82.9 Å². The third kappa shape index (κ3) is 18.8. The fourth-order valence-corrected chi connectivity index (χ4v) is 19.7. The maximum absolute atomic E-state index is 2.40. The van der Waals surface area contributed by atoms with Crippen molar-refractivity contribution in [2.45, 2.75) is 34.6 Å². The van der Waals surface area contributed by atoms with Crippen molar-refractivity contribution in [3.8, 4) is 0 Å². The van der Waals surface area contributed by atoms with Crippen LogP contribution in [0.1, 0.15) is 27.8 Å². The normalized spacial score (nSPS) is 11.0. The minimum Gasteiger partial charge on any atom is -0.310 e. The monoisotopic (exact) mass is 1800 g/mol. The Hall–Kier alpha value is -17.9. The largest absolute Gasteiger partial charge is 0.310 e. The van der Waals surface area contributed by atoms with Crippen molar-refractivity contribution in [3.05, 3.63) is 574 Å². The first-order chi connectivity index (χ1) is 69.0. The predicted octanol–water partition coefficient (Wildman–Crippen LogP) is 38.9. The Balaban J connectivity index is 0.000000104. The molecule has 0 N–H and O–H groups in total. The maximum Gasteiger partial charge on any atom is 0.0540 e. The molecule has 0 saturated heterocycles. The number of benzene rings is 25. The van der Waals surface area contributed by atoms with Crippen molar-refractivity contribution < 1.29 is 0 Å². The molecule has 0 bridgehead atoms. The highest BCUT2D eigenvalue weighted by molar-refractivity contribution is 6.10. The van der Waals surface area contributed by atoms with E-state index in [0.717, 1.165) is 5.69 Å². The molecule has 0 fully saturated rings. The van der Waals surface area contributed by atoms with E-state index in [1.165, 1.54) is 215 Å². The number of fused-ring (bicyclic) bond motifs is 10. The number of nitrogens with zero attached hydrogens (tertiary/aromatic N) is 5. The van der Waals surface area contributed by atoms with E-state index in [-0.39, 0.29) is 0 Å². The van der Waals surface area contributed by atoms with Crippen LogP contribution in [0.5, 0.6) is 0 Å². The average Bonchev–Trinajstić information content (AvgIpc) is 0.769. The Kier molecular flexibility index (Phi) is 25.8. The fourth-order valence-electron chi connectivity index (χ4n) is 19.7. The summed E-state index contributed by atoms with van der Waals surface area (Å²) in [7, 11) is 0. The summed E-state index contributed by atoms with van der Waals surface area (Å²) >= 11 is 0. The summed E-state index contributed by atoms with van der Waals surface area (Å²) in [5, 5.41) is 25.0. The van der Waals surface area contributed by atoms with E-state index >= 15 is 0 Å². The molecule has 0 aliphatic rings. The van der Waals surface area contributed by atoms with Crippen LogP contribution in [0, 0.1) is 34.6 Å². The second kappa shape index (κ2) is 40.7. The standard InChI is InChI=1S/5C27H21N/c1-20-10-2-7-17-25(20)28(26-18-8-13-21-11-3-5-15-23(21)26)27-19-9-14-22-12-4-6-16-24(22)27;1-20-9-6-14-23(19-20)28(26-17-7-12-21-10-2-4-15-24(21)26)27-18-8-13-22-11-3-5-16-25(22)27;1-20-16-18-23(19-17-20)28(26-14-6-10-21-8-2-4-12-24(21)26)27-15-7-11-22-9-3-5-13-25(22)27;1-20-8-6-13-24(18-20)28(25-17-16-21-9-2-3-11-23(21)19-25)27-15-7-12-22-10-4-5-14-26(22)27;1-20-13-16-24(17-14-20)28(25-18-15-21-7-2-3-9-23(21)19-25)27-12-6-10-22-8-4-5-11-26(22)27/h5*2-19H,1H3. The lowest BCUT2D eigenvalue weighted by Crippen LogP contribution is -2.12. The van der Waals surface area contributed by atoms with Crippen LogP contribution in [-0.2, 0) is 0 Å². The smallest absolute Gasteiger partial charge is 0.0540 e. The molecule has 5 heteroatoms. The van der Waals surface area contributed by atoms with Crippen molar-refractivity contribution in [1.82, 2.24) is 0 Å². The van der Waals surface area contributed by atoms with Gasteiger partial charge in [-0.25, -0.2) is 0 Å². The van der Waals surface area contributed by atoms with Gasteiger partial charge in [-0.1, -0.05) is 430 Å². The Bertz CT molecular complexity index is 8470. The molecule has 670 valence electrons. The molecule has 5 nitrogen and oxygen atoms in total. The molecule has 0 aliphatic carbocycles. The van der Waals surface area contributed by atoms with Crippen LogP contribution in [0.15, 0.2) is 546 Å². The van der Waals surface area contributed by atoms with E-state index in [9.17, 15) is 0 Å². The number of hydrogen-bond acceptors (Lipinski definition) is 5. The molecule has 0 spiro atoms. The third-order valence-corrected chi connectivity index (χ3v) is 26.5. The second-order valence-corrected chi connectivity index (χ2v) is 35.9. The fraction of sp³-hybridized carbons (Fsp3) is 0.0370. The zero-order valence-electron chi connectivity index (χ0n) is 79.2. The number of aryl methyl sites for hydroxylation is 5. The topological polar surface area (TPSA) is 16.2 Å². The van der Waals surface area contributed by atoms with Crippen LogP contribution < -0.4 is 24.5 Å². The molecule has 140 heavy (non-hydrogen) atoms. The zero-order chi connectivity index (χ0) is 94.6. The molecule has 0 aromatic heterocycles. The molecule has 0 amide bonds. The van der Waals surface area contributed by atoms with Gasteiger partial charge in [0.2, 0.25) is 0 Å². The lowest BCUT2D eigenvalue weighted by Gasteiger charge is -2.29. The first-order valence-corrected chi connectivity index (χ1v) is 48.2. The zero-order valence-corrected chi connectivity index (χ0v) is 79.2. The van der Waals surface area contributed by atoms with Crippen LogP contribution >= 0.6 is 0 Å². The van der Waals surface area contributed by atoms with Crippen LogP contribution in [-0.4, -0.2) is 0 Å². The third-order valence-electron chi connectivity index (χ3n) is 26.5. The molecule has 25 aromatic rings. The van der Waals surface area contributed by atoms with Crippen molar-refractivity contribution in [3.63, 3.8) is 0 Å². The van der Waals surface area contributed by atoms with Crippen LogP contribution in [0.4, 0.5) is 85.3 Å². The van der Waals surface area contributed by atoms with E-state index in [1.807, 2.05) is 0 Å². The van der Waals surface area contributed by atoms with Crippen LogP contribution in [0.25, 0.3) is 108 Å². The number of para-hydroxylation sites is 1. The van der Waals surface area contributed by atoms with Crippen LogP contribution in [0.2, 0.25) is 0 Å². The van der Waals surface area contributed by atoms with Crippen molar-refractivity contribution >= 4 is 193 Å². The van der Waals surface area contributed by atoms with Crippen molar-refractivity contribution in [2.24, 2.45) is 0 Å². The summed E-state index contributed by atoms with van der Waals surface area (Å²) in [5.74, 6) is 0. The number of rotatable bonds is 15. The molecule has 25 aromatic carbocycles.